The fraction of sp³-hybridized carbons (Fsp3) is 0.474. The quantitative estimate of drug-likeness (QED) is 0.485. The minimum absolute atomic E-state index is 0.0609. The van der Waals surface area contributed by atoms with Crippen molar-refractivity contribution in [3.8, 4) is 0 Å². The number of rotatable bonds is 8. The minimum atomic E-state index is -1.43. The normalized spacial score (nSPS) is 20.3. The number of carbonyl (C=O) groups excluding carboxylic acids is 4. The van der Waals surface area contributed by atoms with E-state index in [9.17, 15) is 23.4 Å². The fourth-order valence-electron chi connectivity index (χ4n) is 3.51. The van der Waals surface area contributed by atoms with Crippen molar-refractivity contribution in [2.45, 2.75) is 49.5 Å². The highest BCUT2D eigenvalue weighted by Crippen LogP contribution is 2.31. The Morgan fingerprint density at radius 3 is 2.54 bits per heavy atom. The van der Waals surface area contributed by atoms with E-state index in [1.54, 1.807) is 12.1 Å². The van der Waals surface area contributed by atoms with Crippen LogP contribution in [0, 0.1) is 0 Å². The van der Waals surface area contributed by atoms with Gasteiger partial charge in [0.1, 0.15) is 6.04 Å². The Morgan fingerprint density at radius 1 is 1.07 bits per heavy atom. The zero-order chi connectivity index (χ0) is 20.3. The smallest absolute Gasteiger partial charge is 0.263 e. The molecule has 2 unspecified atom stereocenters. The molecule has 0 bridgehead atoms. The molecule has 0 aliphatic carbocycles. The molecule has 2 atom stereocenters. The van der Waals surface area contributed by atoms with Gasteiger partial charge in [-0.25, -0.2) is 0 Å². The van der Waals surface area contributed by atoms with Crippen molar-refractivity contribution < 1.29 is 23.4 Å². The van der Waals surface area contributed by atoms with Crippen LogP contribution in [0.4, 0.5) is 0 Å². The molecule has 0 aromatic heterocycles. The zero-order valence-electron chi connectivity index (χ0n) is 15.4. The summed E-state index contributed by atoms with van der Waals surface area (Å²) in [4.78, 5) is 50.4. The molecule has 9 heteroatoms. The minimum Gasteiger partial charge on any atom is -0.330 e. The molecule has 1 fully saturated rings. The Morgan fingerprint density at radius 2 is 1.82 bits per heavy atom. The molecule has 1 aromatic carbocycles. The summed E-state index contributed by atoms with van der Waals surface area (Å²) in [5.41, 5.74) is 5.73. The summed E-state index contributed by atoms with van der Waals surface area (Å²) in [7, 11) is -1.43. The fourth-order valence-corrected chi connectivity index (χ4v) is 4.86. The van der Waals surface area contributed by atoms with Crippen LogP contribution in [0.5, 0.6) is 0 Å². The summed E-state index contributed by atoms with van der Waals surface area (Å²) in [5, 5.41) is 2.16. The van der Waals surface area contributed by atoms with Gasteiger partial charge in [0.05, 0.1) is 26.8 Å². The second-order valence-corrected chi connectivity index (χ2v) is 8.42. The van der Waals surface area contributed by atoms with E-state index in [1.807, 2.05) is 0 Å². The maximum Gasteiger partial charge on any atom is 0.263 e. The summed E-state index contributed by atoms with van der Waals surface area (Å²) < 4.78 is 12.8. The van der Waals surface area contributed by atoms with Crippen LogP contribution in [0.15, 0.2) is 23.1 Å². The first kappa shape index (κ1) is 20.3. The Balaban J connectivity index is 1.79. The number of fused-ring (bicyclic) bond motifs is 1. The van der Waals surface area contributed by atoms with Crippen LogP contribution < -0.4 is 11.1 Å². The first-order valence-corrected chi connectivity index (χ1v) is 10.7. The molecule has 1 saturated heterocycles. The lowest BCUT2D eigenvalue weighted by Gasteiger charge is -2.27. The Labute approximate surface area is 165 Å². The van der Waals surface area contributed by atoms with Gasteiger partial charge >= 0.3 is 0 Å². The molecule has 28 heavy (non-hydrogen) atoms. The monoisotopic (exact) mass is 405 g/mol. The number of nitrogens with one attached hydrogen (secondary N) is 1. The van der Waals surface area contributed by atoms with Gasteiger partial charge in [-0.1, -0.05) is 18.9 Å². The third-order valence-electron chi connectivity index (χ3n) is 4.96. The molecule has 2 heterocycles. The van der Waals surface area contributed by atoms with E-state index in [0.29, 0.717) is 17.2 Å². The third kappa shape index (κ3) is 3.90. The van der Waals surface area contributed by atoms with Crippen molar-refractivity contribution >= 4 is 34.4 Å². The first-order valence-electron chi connectivity index (χ1n) is 9.38. The highest BCUT2D eigenvalue weighted by atomic mass is 32.2. The van der Waals surface area contributed by atoms with Crippen molar-refractivity contribution in [1.29, 1.82) is 0 Å². The standard InChI is InChI=1S/C19H23N3O5S/c20-10-3-1-2-4-11-28(27)14-7-5-6-12-16(14)19(26)22(18(12)25)13-8-9-15(23)21-17(13)24/h5-7,13H,1-4,8-11,20H2,(H,21,23,24). The van der Waals surface area contributed by atoms with Crippen molar-refractivity contribution in [2.24, 2.45) is 5.73 Å². The van der Waals surface area contributed by atoms with Crippen LogP contribution in [-0.4, -0.2) is 51.1 Å². The summed E-state index contributed by atoms with van der Waals surface area (Å²) in [6.07, 6.45) is 3.66. The lowest BCUT2D eigenvalue weighted by molar-refractivity contribution is -0.136. The molecule has 3 rings (SSSR count). The molecular weight excluding hydrogens is 382 g/mol. The van der Waals surface area contributed by atoms with E-state index in [0.717, 1.165) is 30.6 Å². The molecule has 2 aliphatic rings. The molecule has 0 radical (unpaired) electrons. The van der Waals surface area contributed by atoms with Crippen molar-refractivity contribution in [3.05, 3.63) is 29.3 Å². The Kier molecular flexibility index (Phi) is 6.35. The van der Waals surface area contributed by atoms with Crippen molar-refractivity contribution in [3.63, 3.8) is 0 Å². The van der Waals surface area contributed by atoms with Crippen LogP contribution in [0.3, 0.4) is 0 Å². The number of nitrogens with two attached hydrogens (primary N) is 1. The van der Waals surface area contributed by atoms with Crippen LogP contribution in [-0.2, 0) is 20.4 Å². The molecule has 2 aliphatic heterocycles. The van der Waals surface area contributed by atoms with Gasteiger partial charge < -0.3 is 5.73 Å². The maximum atomic E-state index is 13.0. The molecule has 150 valence electrons. The number of hydrogen-bond donors (Lipinski definition) is 2. The number of carbonyl (C=O) groups is 4. The van der Waals surface area contributed by atoms with Gasteiger partial charge in [-0.3, -0.25) is 33.6 Å². The number of hydrogen-bond acceptors (Lipinski definition) is 6. The van der Waals surface area contributed by atoms with E-state index in [1.165, 1.54) is 6.07 Å². The van der Waals surface area contributed by atoms with Gasteiger partial charge in [0, 0.05) is 12.2 Å². The summed E-state index contributed by atoms with van der Waals surface area (Å²) in [6.45, 7) is 0.627. The molecule has 3 N–H and O–H groups in total. The Hall–Kier alpha value is -2.39. The van der Waals surface area contributed by atoms with Gasteiger partial charge in [-0.15, -0.1) is 0 Å². The van der Waals surface area contributed by atoms with Crippen LogP contribution >= 0.6 is 0 Å². The molecule has 0 spiro atoms. The van der Waals surface area contributed by atoms with Gasteiger partial charge in [-0.05, 0) is 37.9 Å². The SMILES string of the molecule is NCCCCCCS(=O)c1cccc2c1C(=O)N(C1CCC(=O)NC1=O)C2=O. The lowest BCUT2D eigenvalue weighted by Crippen LogP contribution is -2.54. The first-order chi connectivity index (χ1) is 13.5. The predicted octanol–water partition coefficient (Wildman–Crippen LogP) is 0.715. The summed E-state index contributed by atoms with van der Waals surface area (Å²) in [5.74, 6) is -1.90. The van der Waals surface area contributed by atoms with Crippen LogP contribution in [0.2, 0.25) is 0 Å². The number of piperidine rings is 1. The van der Waals surface area contributed by atoms with Gasteiger partial charge in [-0.2, -0.15) is 0 Å². The highest BCUT2D eigenvalue weighted by Gasteiger charge is 2.45. The van der Waals surface area contributed by atoms with E-state index in [2.05, 4.69) is 5.32 Å². The van der Waals surface area contributed by atoms with Crippen LogP contribution in [0.1, 0.15) is 59.2 Å². The van der Waals surface area contributed by atoms with Gasteiger partial charge in [0.2, 0.25) is 11.8 Å². The number of imide groups is 2. The number of benzene rings is 1. The average molecular weight is 405 g/mol. The molecule has 4 amide bonds. The highest BCUT2D eigenvalue weighted by molar-refractivity contribution is 7.85. The van der Waals surface area contributed by atoms with Crippen molar-refractivity contribution in [2.75, 3.05) is 12.3 Å². The van der Waals surface area contributed by atoms with E-state index in [-0.39, 0.29) is 24.0 Å². The van der Waals surface area contributed by atoms with Gasteiger partial charge in [0.15, 0.2) is 0 Å². The van der Waals surface area contributed by atoms with E-state index in [4.69, 9.17) is 5.73 Å². The zero-order valence-corrected chi connectivity index (χ0v) is 16.3. The van der Waals surface area contributed by atoms with E-state index >= 15 is 0 Å². The summed E-state index contributed by atoms with van der Waals surface area (Å²) >= 11 is 0. The second-order valence-electron chi connectivity index (χ2n) is 6.88. The van der Waals surface area contributed by atoms with Crippen molar-refractivity contribution in [1.82, 2.24) is 10.2 Å². The number of amides is 4. The number of nitrogens with zero attached hydrogens (tertiary/aromatic N) is 1. The van der Waals surface area contributed by atoms with Crippen LogP contribution in [0.25, 0.3) is 0 Å². The Bertz CT molecular complexity index is 854. The topological polar surface area (TPSA) is 127 Å². The second kappa shape index (κ2) is 8.74. The molecular formula is C19H23N3O5S. The molecule has 1 aromatic rings. The average Bonchev–Trinajstić information content (AvgIpc) is 2.93. The third-order valence-corrected chi connectivity index (χ3v) is 6.45. The molecule has 0 saturated carbocycles. The van der Waals surface area contributed by atoms with E-state index < -0.39 is 40.5 Å². The predicted molar refractivity (Wildman–Crippen MR) is 102 cm³/mol. The number of unbranched alkanes of at least 4 members (excludes halogenated alkanes) is 3. The maximum absolute atomic E-state index is 13.0. The molecule has 8 nitrogen and oxygen atoms in total. The van der Waals surface area contributed by atoms with Gasteiger partial charge in [0.25, 0.3) is 11.8 Å². The largest absolute Gasteiger partial charge is 0.330 e. The summed E-state index contributed by atoms with van der Waals surface area (Å²) in [6, 6.07) is 3.67. The lowest BCUT2D eigenvalue weighted by atomic mass is 10.0.